The van der Waals surface area contributed by atoms with Crippen LogP contribution in [0, 0.1) is 11.6 Å². The van der Waals surface area contributed by atoms with Crippen LogP contribution < -0.4 is 10.6 Å². The van der Waals surface area contributed by atoms with Gasteiger partial charge in [0.15, 0.2) is 5.17 Å². The van der Waals surface area contributed by atoms with Gasteiger partial charge < -0.3 is 10.6 Å². The molecule has 1 fully saturated rings. The quantitative estimate of drug-likeness (QED) is 0.595. The predicted octanol–water partition coefficient (Wildman–Crippen LogP) is 3.31. The Morgan fingerprint density at radius 2 is 1.89 bits per heavy atom. The lowest BCUT2D eigenvalue weighted by Crippen LogP contribution is -2.28. The molecule has 2 aromatic rings. The Kier molecular flexibility index (Phi) is 6.15. The molecular weight excluding hydrogens is 386 g/mol. The van der Waals surface area contributed by atoms with Crippen molar-refractivity contribution in [2.75, 3.05) is 5.32 Å². The van der Waals surface area contributed by atoms with Gasteiger partial charge in [-0.05, 0) is 36.8 Å². The molecule has 1 aliphatic heterocycles. The maximum atomic E-state index is 13.6. The zero-order chi connectivity index (χ0) is 20.1. The average Bonchev–Trinajstić information content (AvgIpc) is 3.01. The van der Waals surface area contributed by atoms with Crippen molar-refractivity contribution in [1.82, 2.24) is 5.32 Å². The summed E-state index contributed by atoms with van der Waals surface area (Å²) in [6.07, 6.45) is -0.134. The van der Waals surface area contributed by atoms with E-state index in [1.54, 1.807) is 25.1 Å². The summed E-state index contributed by atoms with van der Waals surface area (Å²) >= 11 is 1.07. The van der Waals surface area contributed by atoms with Gasteiger partial charge in [0.2, 0.25) is 11.8 Å². The third-order valence-electron chi connectivity index (χ3n) is 3.85. The molecule has 0 unspecified atom stereocenters. The number of halogens is 2. The van der Waals surface area contributed by atoms with E-state index < -0.39 is 17.0 Å². The smallest absolute Gasteiger partial charge is 0.240 e. The lowest BCUT2D eigenvalue weighted by Gasteiger charge is -2.07. The number of benzene rings is 2. The van der Waals surface area contributed by atoms with Crippen molar-refractivity contribution in [2.45, 2.75) is 18.6 Å². The monoisotopic (exact) mass is 402 g/mol. The van der Waals surface area contributed by atoms with Crippen molar-refractivity contribution in [2.24, 2.45) is 10.2 Å². The van der Waals surface area contributed by atoms with Crippen LogP contribution in [0.15, 0.2) is 58.7 Å². The third kappa shape index (κ3) is 5.01. The van der Waals surface area contributed by atoms with E-state index >= 15 is 0 Å². The lowest BCUT2D eigenvalue weighted by molar-refractivity contribution is -0.122. The molecule has 1 aliphatic rings. The standard InChI is InChI=1S/C19H16F2N4O2S/c1-11(12-6-8-13(20)9-7-12)24-25-19-23-18(27)16(28-19)10-17(26)22-15-5-3-2-4-14(15)21/h2-9,16H,10H2,1H3,(H,22,26)(H,23,25,27)/t16-/m1/s1. The first-order valence-corrected chi connectivity index (χ1v) is 9.20. The molecule has 2 N–H and O–H groups in total. The van der Waals surface area contributed by atoms with Gasteiger partial charge in [-0.25, -0.2) is 8.78 Å². The summed E-state index contributed by atoms with van der Waals surface area (Å²) < 4.78 is 26.5. The summed E-state index contributed by atoms with van der Waals surface area (Å²) in [6.45, 7) is 1.71. The molecule has 6 nitrogen and oxygen atoms in total. The van der Waals surface area contributed by atoms with E-state index in [-0.39, 0.29) is 29.0 Å². The zero-order valence-corrected chi connectivity index (χ0v) is 15.6. The van der Waals surface area contributed by atoms with Gasteiger partial charge in [-0.2, -0.15) is 5.10 Å². The molecule has 1 heterocycles. The number of anilines is 1. The van der Waals surface area contributed by atoms with Gasteiger partial charge in [-0.3, -0.25) is 9.59 Å². The van der Waals surface area contributed by atoms with Gasteiger partial charge in [0.1, 0.15) is 16.9 Å². The summed E-state index contributed by atoms with van der Waals surface area (Å²) in [5.41, 5.74) is 1.30. The second-order valence-electron chi connectivity index (χ2n) is 5.93. The topological polar surface area (TPSA) is 82.9 Å². The summed E-state index contributed by atoms with van der Waals surface area (Å²) in [7, 11) is 0. The molecule has 1 saturated heterocycles. The number of amides is 2. The van der Waals surface area contributed by atoms with Crippen molar-refractivity contribution < 1.29 is 18.4 Å². The fourth-order valence-electron chi connectivity index (χ4n) is 2.39. The molecule has 2 amide bonds. The Morgan fingerprint density at radius 1 is 1.18 bits per heavy atom. The second-order valence-corrected chi connectivity index (χ2v) is 7.12. The van der Waals surface area contributed by atoms with Gasteiger partial charge in [0.25, 0.3) is 0 Å². The fourth-order valence-corrected chi connectivity index (χ4v) is 3.31. The Labute approximate surface area is 164 Å². The van der Waals surface area contributed by atoms with Crippen LogP contribution in [0.4, 0.5) is 14.5 Å². The molecule has 1 atom stereocenters. The van der Waals surface area contributed by atoms with Gasteiger partial charge in [0.05, 0.1) is 11.4 Å². The van der Waals surface area contributed by atoms with E-state index in [4.69, 9.17) is 0 Å². The Bertz CT molecular complexity index is 961. The van der Waals surface area contributed by atoms with E-state index in [0.29, 0.717) is 11.3 Å². The first-order valence-electron chi connectivity index (χ1n) is 8.32. The average molecular weight is 402 g/mol. The predicted molar refractivity (Wildman–Crippen MR) is 105 cm³/mol. The summed E-state index contributed by atoms with van der Waals surface area (Å²) in [5.74, 6) is -1.75. The minimum Gasteiger partial charge on any atom is -0.324 e. The maximum absolute atomic E-state index is 13.6. The maximum Gasteiger partial charge on any atom is 0.240 e. The van der Waals surface area contributed by atoms with Gasteiger partial charge in [0, 0.05) is 6.42 Å². The minimum absolute atomic E-state index is 0.0596. The highest BCUT2D eigenvalue weighted by Crippen LogP contribution is 2.23. The van der Waals surface area contributed by atoms with Crippen molar-refractivity contribution >= 4 is 40.1 Å². The molecule has 0 radical (unpaired) electrons. The van der Waals surface area contributed by atoms with Gasteiger partial charge >= 0.3 is 0 Å². The van der Waals surface area contributed by atoms with Crippen LogP contribution in [-0.4, -0.2) is 27.9 Å². The molecule has 144 valence electrons. The highest BCUT2D eigenvalue weighted by atomic mass is 32.2. The number of hydrogen-bond acceptors (Lipinski definition) is 5. The van der Waals surface area contributed by atoms with Crippen LogP contribution >= 0.6 is 11.8 Å². The number of nitrogens with one attached hydrogen (secondary N) is 2. The van der Waals surface area contributed by atoms with E-state index in [1.807, 2.05) is 0 Å². The van der Waals surface area contributed by atoms with Crippen LogP contribution in [0.1, 0.15) is 18.9 Å². The number of carbonyl (C=O) groups excluding carboxylic acids is 2. The minimum atomic E-state index is -0.688. The van der Waals surface area contributed by atoms with Crippen molar-refractivity contribution in [3.8, 4) is 0 Å². The van der Waals surface area contributed by atoms with Crippen LogP contribution in [0.3, 0.4) is 0 Å². The van der Waals surface area contributed by atoms with Gasteiger partial charge in [-0.1, -0.05) is 36.0 Å². The summed E-state index contributed by atoms with van der Waals surface area (Å²) in [5, 5.41) is 12.6. The van der Waals surface area contributed by atoms with Crippen molar-refractivity contribution in [3.05, 3.63) is 65.7 Å². The first-order chi connectivity index (χ1) is 13.4. The molecule has 0 bridgehead atoms. The molecule has 9 heteroatoms. The van der Waals surface area contributed by atoms with Crippen molar-refractivity contribution in [3.63, 3.8) is 0 Å². The Balaban J connectivity index is 1.60. The summed E-state index contributed by atoms with van der Waals surface area (Å²) in [4.78, 5) is 24.1. The van der Waals surface area contributed by atoms with E-state index in [1.165, 1.54) is 30.3 Å². The third-order valence-corrected chi connectivity index (χ3v) is 4.92. The number of para-hydroxylation sites is 1. The highest BCUT2D eigenvalue weighted by molar-refractivity contribution is 8.15. The van der Waals surface area contributed by atoms with Crippen LogP contribution in [0.25, 0.3) is 0 Å². The molecule has 28 heavy (non-hydrogen) atoms. The largest absolute Gasteiger partial charge is 0.324 e. The molecule has 0 aliphatic carbocycles. The zero-order valence-electron chi connectivity index (χ0n) is 14.8. The molecule has 0 spiro atoms. The van der Waals surface area contributed by atoms with Crippen LogP contribution in [0.5, 0.6) is 0 Å². The number of carbonyl (C=O) groups is 2. The van der Waals surface area contributed by atoms with E-state index in [9.17, 15) is 18.4 Å². The Morgan fingerprint density at radius 3 is 2.61 bits per heavy atom. The molecular formula is C19H16F2N4O2S. The van der Waals surface area contributed by atoms with Gasteiger partial charge in [-0.15, -0.1) is 5.10 Å². The number of rotatable bonds is 5. The van der Waals surface area contributed by atoms with Crippen LogP contribution in [-0.2, 0) is 9.59 Å². The highest BCUT2D eigenvalue weighted by Gasteiger charge is 2.32. The molecule has 2 aromatic carbocycles. The van der Waals surface area contributed by atoms with Crippen LogP contribution in [0.2, 0.25) is 0 Å². The van der Waals surface area contributed by atoms with E-state index in [0.717, 1.165) is 11.8 Å². The number of thioether (sulfide) groups is 1. The summed E-state index contributed by atoms with van der Waals surface area (Å²) in [6, 6.07) is 11.6. The Hall–Kier alpha value is -3.07. The molecule has 0 aromatic heterocycles. The fraction of sp³-hybridized carbons (Fsp3) is 0.158. The molecule has 3 rings (SSSR count). The number of nitrogens with zero attached hydrogens (tertiary/aromatic N) is 2. The normalized spacial score (nSPS) is 18.2. The number of amidine groups is 1. The lowest BCUT2D eigenvalue weighted by atomic mass is 10.1. The first kappa shape index (κ1) is 19.7. The second kappa shape index (κ2) is 8.75. The SMILES string of the molecule is CC(=NN=C1NC(=O)[C@@H](CC(=O)Nc2ccccc2F)S1)c1ccc(F)cc1. The van der Waals surface area contributed by atoms with Crippen molar-refractivity contribution in [1.29, 1.82) is 0 Å². The number of hydrogen-bond donors (Lipinski definition) is 2. The van der Waals surface area contributed by atoms with E-state index in [2.05, 4.69) is 20.8 Å². The molecule has 0 saturated carbocycles.